The third-order valence-corrected chi connectivity index (χ3v) is 15.9. The first-order chi connectivity index (χ1) is 41.0. The van der Waals surface area contributed by atoms with E-state index >= 15 is 0 Å². The van der Waals surface area contributed by atoms with E-state index in [-0.39, 0.29) is 31.1 Å². The van der Waals surface area contributed by atoms with Crippen molar-refractivity contribution in [3.8, 4) is 0 Å². The molecule has 0 aliphatic carbocycles. The van der Waals surface area contributed by atoms with Gasteiger partial charge in [-0.3, -0.25) is 14.4 Å². The number of carbonyl (C=O) groups is 3. The molecule has 0 amide bonds. The van der Waals surface area contributed by atoms with Crippen LogP contribution < -0.4 is 0 Å². The largest absolute Gasteiger partial charge is 0.462 e. The second kappa shape index (κ2) is 71.1. The monoisotopic (exact) mass is 1160 g/mol. The van der Waals surface area contributed by atoms with Gasteiger partial charge in [0.1, 0.15) is 13.2 Å². The smallest absolute Gasteiger partial charge is 0.306 e. The van der Waals surface area contributed by atoms with E-state index in [4.69, 9.17) is 14.2 Å². The minimum atomic E-state index is -0.783. The highest BCUT2D eigenvalue weighted by molar-refractivity contribution is 5.71. The lowest BCUT2D eigenvalue weighted by molar-refractivity contribution is -0.167. The first-order valence-corrected chi connectivity index (χ1v) is 36.1. The van der Waals surface area contributed by atoms with E-state index in [0.717, 1.165) is 109 Å². The highest BCUT2D eigenvalue weighted by atomic mass is 16.6. The topological polar surface area (TPSA) is 78.9 Å². The van der Waals surface area contributed by atoms with E-state index in [0.29, 0.717) is 19.3 Å². The minimum Gasteiger partial charge on any atom is -0.462 e. The molecule has 1 unspecified atom stereocenters. The van der Waals surface area contributed by atoms with Crippen molar-refractivity contribution in [3.05, 3.63) is 85.1 Å². The molecular formula is C77H136O6. The van der Waals surface area contributed by atoms with Crippen molar-refractivity contribution >= 4 is 17.9 Å². The predicted molar refractivity (Wildman–Crippen MR) is 362 cm³/mol. The number of carbonyl (C=O) groups excluding carboxylic acids is 3. The van der Waals surface area contributed by atoms with E-state index < -0.39 is 6.10 Å². The summed E-state index contributed by atoms with van der Waals surface area (Å²) in [4.78, 5) is 38.5. The van der Waals surface area contributed by atoms with Gasteiger partial charge < -0.3 is 14.2 Å². The lowest BCUT2D eigenvalue weighted by atomic mass is 10.0. The summed E-state index contributed by atoms with van der Waals surface area (Å²) in [6.45, 7) is 6.55. The van der Waals surface area contributed by atoms with Gasteiger partial charge in [-0.05, 0) is 96.3 Å². The van der Waals surface area contributed by atoms with Gasteiger partial charge >= 0.3 is 17.9 Å². The molecule has 0 saturated carbocycles. The Morgan fingerprint density at radius 1 is 0.253 bits per heavy atom. The number of ether oxygens (including phenoxy) is 3. The van der Waals surface area contributed by atoms with Gasteiger partial charge in [0.15, 0.2) is 6.10 Å². The quantitative estimate of drug-likeness (QED) is 0.0261. The van der Waals surface area contributed by atoms with Crippen LogP contribution in [-0.2, 0) is 28.6 Å². The van der Waals surface area contributed by atoms with Crippen molar-refractivity contribution in [3.63, 3.8) is 0 Å². The Bertz CT molecular complexity index is 1570. The van der Waals surface area contributed by atoms with Gasteiger partial charge in [-0.2, -0.15) is 0 Å². The molecule has 0 saturated heterocycles. The van der Waals surface area contributed by atoms with Gasteiger partial charge in [0.2, 0.25) is 0 Å². The van der Waals surface area contributed by atoms with Crippen LogP contribution in [0.3, 0.4) is 0 Å². The van der Waals surface area contributed by atoms with Gasteiger partial charge in [-0.25, -0.2) is 0 Å². The number of unbranched alkanes of at least 4 members (excludes halogenated alkanes) is 41. The summed E-state index contributed by atoms with van der Waals surface area (Å²) in [5.74, 6) is -0.870. The summed E-state index contributed by atoms with van der Waals surface area (Å²) in [6.07, 6.45) is 94.6. The van der Waals surface area contributed by atoms with Crippen molar-refractivity contribution < 1.29 is 28.6 Å². The molecule has 6 nitrogen and oxygen atoms in total. The first-order valence-electron chi connectivity index (χ1n) is 36.1. The Balaban J connectivity index is 4.34. The summed E-state index contributed by atoms with van der Waals surface area (Å²) >= 11 is 0. The van der Waals surface area contributed by atoms with Gasteiger partial charge in [0.25, 0.3) is 0 Å². The van der Waals surface area contributed by atoms with Crippen molar-refractivity contribution in [1.82, 2.24) is 0 Å². The highest BCUT2D eigenvalue weighted by Crippen LogP contribution is 2.18. The number of rotatable bonds is 66. The lowest BCUT2D eigenvalue weighted by Gasteiger charge is -2.18. The molecule has 0 rings (SSSR count). The maximum atomic E-state index is 13.0. The fourth-order valence-electron chi connectivity index (χ4n) is 10.5. The van der Waals surface area contributed by atoms with Crippen LogP contribution in [0.2, 0.25) is 0 Å². The van der Waals surface area contributed by atoms with Gasteiger partial charge in [0.05, 0.1) is 0 Å². The molecule has 0 radical (unpaired) electrons. The highest BCUT2D eigenvalue weighted by Gasteiger charge is 2.19. The average Bonchev–Trinajstić information content (AvgIpc) is 3.49. The van der Waals surface area contributed by atoms with Crippen LogP contribution >= 0.6 is 0 Å². The van der Waals surface area contributed by atoms with E-state index in [2.05, 4.69) is 106 Å². The Morgan fingerprint density at radius 2 is 0.470 bits per heavy atom. The second-order valence-corrected chi connectivity index (χ2v) is 24.1. The molecule has 0 heterocycles. The van der Waals surface area contributed by atoms with Crippen LogP contribution in [0.5, 0.6) is 0 Å². The maximum absolute atomic E-state index is 13.0. The zero-order chi connectivity index (χ0) is 59.9. The lowest BCUT2D eigenvalue weighted by Crippen LogP contribution is -2.30. The SMILES string of the molecule is CC/C=C\C/C=C\C/C=C\C/C=C\C/C=C\CCCCCCCCCCCC(=O)OCC(COC(=O)CCCCCCCCC/C=C\C/C=C\CCCCC)OC(=O)CCCCCCCCCCCCCCCCCCCCCCCCC. The standard InChI is InChI=1S/C77H136O6/c1-4-7-10-13-16-19-22-25-28-31-33-35-37-38-40-41-43-46-49-52-55-58-61-64-67-70-76(79)82-73-74(72-81-75(78)69-66-63-60-57-54-51-48-45-30-27-24-21-18-15-12-9-6-3)83-77(80)71-68-65-62-59-56-53-50-47-44-42-39-36-34-32-29-26-23-20-17-14-11-8-5-2/h7,10,16,18-19,21,25,27-28,30,33,35,38,40,74H,4-6,8-9,11-15,17,20,22-24,26,29,31-32,34,36-37,39,41-73H2,1-3H3/b10-7-,19-16-,21-18-,28-25-,30-27-,35-33-,40-38-. The zero-order valence-electron chi connectivity index (χ0n) is 55.2. The minimum absolute atomic E-state index is 0.0790. The zero-order valence-corrected chi connectivity index (χ0v) is 55.2. The number of hydrogen-bond donors (Lipinski definition) is 0. The van der Waals surface area contributed by atoms with Crippen molar-refractivity contribution in [1.29, 1.82) is 0 Å². The summed E-state index contributed by atoms with van der Waals surface area (Å²) in [7, 11) is 0. The second-order valence-electron chi connectivity index (χ2n) is 24.1. The molecule has 480 valence electrons. The Labute approximate surface area is 515 Å². The Kier molecular flexibility index (Phi) is 68.2. The molecule has 0 aromatic carbocycles. The van der Waals surface area contributed by atoms with Crippen molar-refractivity contribution in [2.75, 3.05) is 13.2 Å². The molecule has 0 bridgehead atoms. The average molecular weight is 1160 g/mol. The van der Waals surface area contributed by atoms with Gasteiger partial charge in [0, 0.05) is 19.3 Å². The third kappa shape index (κ3) is 69.3. The fourth-order valence-corrected chi connectivity index (χ4v) is 10.5. The van der Waals surface area contributed by atoms with E-state index in [1.165, 1.54) is 218 Å². The van der Waals surface area contributed by atoms with E-state index in [1.54, 1.807) is 0 Å². The molecule has 6 heteroatoms. The summed E-state index contributed by atoms with van der Waals surface area (Å²) < 4.78 is 17.0. The van der Waals surface area contributed by atoms with Crippen LogP contribution in [0.15, 0.2) is 85.1 Å². The van der Waals surface area contributed by atoms with E-state index in [9.17, 15) is 14.4 Å². The number of hydrogen-bond acceptors (Lipinski definition) is 6. The number of allylic oxidation sites excluding steroid dienone is 14. The van der Waals surface area contributed by atoms with Crippen LogP contribution in [0.25, 0.3) is 0 Å². The van der Waals surface area contributed by atoms with Crippen molar-refractivity contribution in [2.45, 2.75) is 374 Å². The molecule has 1 atom stereocenters. The molecular weight excluding hydrogens is 1020 g/mol. The summed E-state index contributed by atoms with van der Waals surface area (Å²) in [5, 5.41) is 0. The molecule has 0 fully saturated rings. The van der Waals surface area contributed by atoms with Gasteiger partial charge in [-0.15, -0.1) is 0 Å². The third-order valence-electron chi connectivity index (χ3n) is 15.9. The van der Waals surface area contributed by atoms with Gasteiger partial charge in [-0.1, -0.05) is 337 Å². The summed E-state index contributed by atoms with van der Waals surface area (Å²) in [6, 6.07) is 0. The van der Waals surface area contributed by atoms with E-state index in [1.807, 2.05) is 0 Å². The number of esters is 3. The fraction of sp³-hybridized carbons (Fsp3) is 0.779. The van der Waals surface area contributed by atoms with Crippen molar-refractivity contribution in [2.24, 2.45) is 0 Å². The molecule has 0 aliphatic rings. The molecule has 0 N–H and O–H groups in total. The Morgan fingerprint density at radius 3 is 0.759 bits per heavy atom. The van der Waals surface area contributed by atoms with Crippen LogP contribution in [0.1, 0.15) is 367 Å². The predicted octanol–water partition coefficient (Wildman–Crippen LogP) is 25.0. The molecule has 0 spiro atoms. The molecule has 0 aliphatic heterocycles. The molecule has 0 aromatic rings. The maximum Gasteiger partial charge on any atom is 0.306 e. The Hall–Kier alpha value is -3.41. The van der Waals surface area contributed by atoms with Crippen LogP contribution in [0.4, 0.5) is 0 Å². The van der Waals surface area contributed by atoms with Crippen LogP contribution in [-0.4, -0.2) is 37.2 Å². The normalized spacial score (nSPS) is 12.6. The molecule has 83 heavy (non-hydrogen) atoms. The molecule has 0 aromatic heterocycles. The van der Waals surface area contributed by atoms with Crippen LogP contribution in [0, 0.1) is 0 Å². The first kappa shape index (κ1) is 79.6. The summed E-state index contributed by atoms with van der Waals surface area (Å²) in [5.41, 5.74) is 0.